The standard InChI is InChI=1S/C26H28N8O/c1-17-23(13-31-34(17)22-15-32(16-22)21-6-8-28-12-21)19-9-25(26-20(10-27)11-30-33(26)14-19)35-18(2)24-5-3-4-7-29-24/h3-5,7,9,11,13-14,18,21-22,28H,6,8,12,15-16H2,1-2H3/t18-,21+/m1/s1. The molecule has 0 aromatic carbocycles. The highest BCUT2D eigenvalue weighted by Gasteiger charge is 2.36. The van der Waals surface area contributed by atoms with Crippen molar-refractivity contribution in [3.8, 4) is 22.9 Å². The average molecular weight is 469 g/mol. The number of hydrogen-bond donors (Lipinski definition) is 1. The van der Waals surface area contributed by atoms with E-state index in [4.69, 9.17) is 9.84 Å². The molecule has 6 rings (SSSR count). The molecule has 9 nitrogen and oxygen atoms in total. The number of ether oxygens (including phenoxy) is 1. The molecule has 2 fully saturated rings. The average Bonchev–Trinajstić information content (AvgIpc) is 3.60. The number of hydrogen-bond acceptors (Lipinski definition) is 7. The zero-order valence-corrected chi connectivity index (χ0v) is 19.9. The molecular weight excluding hydrogens is 440 g/mol. The van der Waals surface area contributed by atoms with Crippen LogP contribution >= 0.6 is 0 Å². The number of likely N-dealkylation sites (tertiary alicyclic amines) is 1. The second-order valence-electron chi connectivity index (χ2n) is 9.41. The van der Waals surface area contributed by atoms with E-state index >= 15 is 0 Å². The summed E-state index contributed by atoms with van der Waals surface area (Å²) < 4.78 is 10.2. The molecule has 4 aromatic rings. The van der Waals surface area contributed by atoms with Crippen LogP contribution in [0.2, 0.25) is 0 Å². The van der Waals surface area contributed by atoms with Crippen LogP contribution in [0.4, 0.5) is 0 Å². The molecule has 178 valence electrons. The lowest BCUT2D eigenvalue weighted by molar-refractivity contribution is 0.0595. The third kappa shape index (κ3) is 3.85. The minimum Gasteiger partial charge on any atom is -0.482 e. The first-order valence-corrected chi connectivity index (χ1v) is 12.1. The van der Waals surface area contributed by atoms with Crippen LogP contribution in [0.5, 0.6) is 5.75 Å². The molecule has 2 aliphatic heterocycles. The van der Waals surface area contributed by atoms with Gasteiger partial charge in [0.2, 0.25) is 0 Å². The summed E-state index contributed by atoms with van der Waals surface area (Å²) >= 11 is 0. The smallest absolute Gasteiger partial charge is 0.148 e. The number of nitrogens with one attached hydrogen (secondary N) is 1. The minimum absolute atomic E-state index is 0.286. The van der Waals surface area contributed by atoms with Crippen molar-refractivity contribution in [1.82, 2.24) is 34.6 Å². The lowest BCUT2D eigenvalue weighted by Crippen LogP contribution is -2.53. The fraction of sp³-hybridized carbons (Fsp3) is 0.385. The molecule has 1 N–H and O–H groups in total. The number of aromatic nitrogens is 5. The maximum atomic E-state index is 9.64. The zero-order chi connectivity index (χ0) is 23.9. The molecule has 6 heterocycles. The van der Waals surface area contributed by atoms with Gasteiger partial charge in [0.25, 0.3) is 0 Å². The molecule has 0 spiro atoms. The summed E-state index contributed by atoms with van der Waals surface area (Å²) in [6, 6.07) is 11.0. The summed E-state index contributed by atoms with van der Waals surface area (Å²) in [5.74, 6) is 0.602. The Kier molecular flexibility index (Phi) is 5.47. The number of fused-ring (bicyclic) bond motifs is 1. The summed E-state index contributed by atoms with van der Waals surface area (Å²) in [6.45, 7) is 8.35. The molecule has 0 bridgehead atoms. The highest BCUT2D eigenvalue weighted by atomic mass is 16.5. The first-order chi connectivity index (χ1) is 17.1. The lowest BCUT2D eigenvalue weighted by atomic mass is 10.0. The summed E-state index contributed by atoms with van der Waals surface area (Å²) in [6.07, 6.45) is 8.14. The third-order valence-corrected chi connectivity index (χ3v) is 7.25. The van der Waals surface area contributed by atoms with Crippen molar-refractivity contribution in [2.45, 2.75) is 38.5 Å². The summed E-state index contributed by atoms with van der Waals surface area (Å²) in [5.41, 5.74) is 5.07. The second-order valence-corrected chi connectivity index (χ2v) is 9.41. The van der Waals surface area contributed by atoms with Crippen LogP contribution in [0.1, 0.15) is 42.4 Å². The maximum Gasteiger partial charge on any atom is 0.148 e. The van der Waals surface area contributed by atoms with Crippen LogP contribution in [0, 0.1) is 18.3 Å². The molecule has 2 aliphatic rings. The van der Waals surface area contributed by atoms with Gasteiger partial charge in [-0.25, -0.2) is 4.52 Å². The Hall–Kier alpha value is -3.74. The van der Waals surface area contributed by atoms with Crippen LogP contribution in [-0.2, 0) is 0 Å². The fourth-order valence-electron chi connectivity index (χ4n) is 5.24. The Morgan fingerprint density at radius 2 is 2.09 bits per heavy atom. The molecule has 0 unspecified atom stereocenters. The first kappa shape index (κ1) is 21.8. The van der Waals surface area contributed by atoms with Gasteiger partial charge in [-0.05, 0) is 45.0 Å². The van der Waals surface area contributed by atoms with Crippen molar-refractivity contribution >= 4 is 5.52 Å². The number of nitrogens with zero attached hydrogens (tertiary/aromatic N) is 7. The largest absolute Gasteiger partial charge is 0.482 e. The highest BCUT2D eigenvalue weighted by molar-refractivity contribution is 5.76. The number of pyridine rings is 2. The van der Waals surface area contributed by atoms with E-state index in [0.29, 0.717) is 28.9 Å². The van der Waals surface area contributed by atoms with E-state index in [1.165, 1.54) is 6.42 Å². The van der Waals surface area contributed by atoms with E-state index in [1.54, 1.807) is 16.9 Å². The Morgan fingerprint density at radius 1 is 1.20 bits per heavy atom. The van der Waals surface area contributed by atoms with Gasteiger partial charge < -0.3 is 10.1 Å². The molecule has 2 atom stereocenters. The minimum atomic E-state index is -0.286. The molecule has 9 heteroatoms. The van der Waals surface area contributed by atoms with E-state index < -0.39 is 0 Å². The van der Waals surface area contributed by atoms with Gasteiger partial charge in [-0.3, -0.25) is 14.6 Å². The number of rotatable bonds is 6. The molecule has 0 saturated carbocycles. The van der Waals surface area contributed by atoms with E-state index in [0.717, 1.165) is 48.7 Å². The Bertz CT molecular complexity index is 1390. The molecule has 0 amide bonds. The van der Waals surface area contributed by atoms with E-state index in [1.807, 2.05) is 43.6 Å². The van der Waals surface area contributed by atoms with E-state index in [-0.39, 0.29) is 6.10 Å². The van der Waals surface area contributed by atoms with E-state index in [2.05, 4.69) is 38.0 Å². The SMILES string of the molecule is Cc1c(-c2cc(O[C@H](C)c3ccccn3)c3c(C#N)cnn3c2)cnn1C1CN([C@H]2CCNC2)C1. The Labute approximate surface area is 203 Å². The molecule has 0 radical (unpaired) electrons. The Balaban J connectivity index is 1.32. The van der Waals surface area contributed by atoms with Gasteiger partial charge in [0.1, 0.15) is 29.0 Å². The molecule has 4 aromatic heterocycles. The van der Waals surface area contributed by atoms with Gasteiger partial charge in [-0.1, -0.05) is 6.07 Å². The number of nitriles is 1. The molecular formula is C26H28N8O. The molecule has 2 saturated heterocycles. The third-order valence-electron chi connectivity index (χ3n) is 7.25. The monoisotopic (exact) mass is 468 g/mol. The van der Waals surface area contributed by atoms with Crippen molar-refractivity contribution in [2.24, 2.45) is 0 Å². The Morgan fingerprint density at radius 3 is 2.83 bits per heavy atom. The zero-order valence-electron chi connectivity index (χ0n) is 19.9. The van der Waals surface area contributed by atoms with Gasteiger partial charge in [0.15, 0.2) is 0 Å². The van der Waals surface area contributed by atoms with Crippen LogP contribution in [0.15, 0.2) is 49.1 Å². The summed E-state index contributed by atoms with van der Waals surface area (Å²) in [4.78, 5) is 6.97. The lowest BCUT2D eigenvalue weighted by Gasteiger charge is -2.43. The molecule has 35 heavy (non-hydrogen) atoms. The van der Waals surface area contributed by atoms with Crippen molar-refractivity contribution in [3.05, 3.63) is 66.0 Å². The first-order valence-electron chi connectivity index (χ1n) is 12.1. The summed E-state index contributed by atoms with van der Waals surface area (Å²) in [5, 5.41) is 22.3. The van der Waals surface area contributed by atoms with Gasteiger partial charge >= 0.3 is 0 Å². The fourth-order valence-corrected chi connectivity index (χ4v) is 5.24. The van der Waals surface area contributed by atoms with Gasteiger partial charge in [0, 0.05) is 54.9 Å². The quantitative estimate of drug-likeness (QED) is 0.464. The topological polar surface area (TPSA) is 96.3 Å². The second kappa shape index (κ2) is 8.80. The van der Waals surface area contributed by atoms with Crippen LogP contribution in [-0.4, -0.2) is 61.5 Å². The van der Waals surface area contributed by atoms with Gasteiger partial charge in [-0.15, -0.1) is 0 Å². The van der Waals surface area contributed by atoms with Crippen molar-refractivity contribution in [1.29, 1.82) is 5.26 Å². The van der Waals surface area contributed by atoms with Crippen LogP contribution in [0.25, 0.3) is 16.6 Å². The highest BCUT2D eigenvalue weighted by Crippen LogP contribution is 2.35. The molecule has 0 aliphatic carbocycles. The van der Waals surface area contributed by atoms with Crippen molar-refractivity contribution in [2.75, 3.05) is 26.2 Å². The van der Waals surface area contributed by atoms with Crippen molar-refractivity contribution < 1.29 is 4.74 Å². The van der Waals surface area contributed by atoms with Gasteiger partial charge in [0.05, 0.1) is 24.1 Å². The predicted molar refractivity (Wildman–Crippen MR) is 131 cm³/mol. The van der Waals surface area contributed by atoms with E-state index in [9.17, 15) is 5.26 Å². The summed E-state index contributed by atoms with van der Waals surface area (Å²) in [7, 11) is 0. The predicted octanol–water partition coefficient (Wildman–Crippen LogP) is 3.13. The normalized spacial score (nSPS) is 19.5. The van der Waals surface area contributed by atoms with Crippen LogP contribution in [0.3, 0.4) is 0 Å². The van der Waals surface area contributed by atoms with Gasteiger partial charge in [-0.2, -0.15) is 15.5 Å². The maximum absolute atomic E-state index is 9.64. The van der Waals surface area contributed by atoms with Crippen molar-refractivity contribution in [3.63, 3.8) is 0 Å². The van der Waals surface area contributed by atoms with Crippen LogP contribution < -0.4 is 10.1 Å².